The minimum Gasteiger partial charge on any atom is -0.490 e. The topological polar surface area (TPSA) is 72.0 Å². The molecule has 0 aromatic heterocycles. The number of carbonyl (C=O) groups is 1. The summed E-state index contributed by atoms with van der Waals surface area (Å²) in [5, 5.41) is 8.06. The van der Waals surface area contributed by atoms with Gasteiger partial charge in [-0.15, -0.1) is 0 Å². The van der Waals surface area contributed by atoms with Gasteiger partial charge in [0.1, 0.15) is 6.61 Å². The lowest BCUT2D eigenvalue weighted by Gasteiger charge is -2.15. The summed E-state index contributed by atoms with van der Waals surface area (Å²) in [6.07, 6.45) is 1.46. The van der Waals surface area contributed by atoms with Gasteiger partial charge < -0.3 is 14.8 Å². The summed E-state index contributed by atoms with van der Waals surface area (Å²) in [4.78, 5) is 12.1. The average Bonchev–Trinajstić information content (AvgIpc) is 2.77. The molecule has 3 aromatic carbocycles. The smallest absolute Gasteiger partial charge is 0.339 e. The van der Waals surface area contributed by atoms with Gasteiger partial charge in [-0.3, -0.25) is 0 Å². The molecular formula is C24H21BrCl3N3O3. The fourth-order valence-corrected chi connectivity index (χ4v) is 3.88. The molecule has 0 spiro atoms. The van der Waals surface area contributed by atoms with Crippen LogP contribution in [-0.4, -0.2) is 18.9 Å². The molecule has 0 aliphatic rings. The second kappa shape index (κ2) is 12.3. The Morgan fingerprint density at radius 1 is 1.06 bits per heavy atom. The van der Waals surface area contributed by atoms with E-state index < -0.39 is 6.03 Å². The van der Waals surface area contributed by atoms with Crippen LogP contribution in [0.5, 0.6) is 11.5 Å². The van der Waals surface area contributed by atoms with Crippen molar-refractivity contribution in [1.29, 1.82) is 0 Å². The van der Waals surface area contributed by atoms with E-state index in [0.29, 0.717) is 44.4 Å². The molecule has 0 fully saturated rings. The number of hydrogen-bond donors (Lipinski definition) is 2. The van der Waals surface area contributed by atoms with Crippen molar-refractivity contribution in [2.24, 2.45) is 5.10 Å². The van der Waals surface area contributed by atoms with Gasteiger partial charge in [-0.25, -0.2) is 10.2 Å². The first-order valence-electron chi connectivity index (χ1n) is 10.2. The highest BCUT2D eigenvalue weighted by Crippen LogP contribution is 2.37. The maximum absolute atomic E-state index is 12.1. The monoisotopic (exact) mass is 583 g/mol. The standard InChI is InChI=1S/C24H21BrCl3N3O3/c1-3-33-22-10-15(12-29-31-24(32)30-18-6-7-19(25)14(2)8-18)9-21(28)23(22)34-13-16-4-5-17(26)11-20(16)27/h4-12H,3,13H2,1-2H3,(H2,30,31,32)/b29-12+. The van der Waals surface area contributed by atoms with E-state index in [0.717, 1.165) is 15.6 Å². The summed E-state index contributed by atoms with van der Waals surface area (Å²) in [7, 11) is 0. The predicted octanol–water partition coefficient (Wildman–Crippen LogP) is 7.85. The first kappa shape index (κ1) is 26.2. The summed E-state index contributed by atoms with van der Waals surface area (Å²) in [5.74, 6) is 0.819. The van der Waals surface area contributed by atoms with Crippen LogP contribution in [0.25, 0.3) is 0 Å². The van der Waals surface area contributed by atoms with Crippen molar-refractivity contribution >= 4 is 68.7 Å². The van der Waals surface area contributed by atoms with E-state index >= 15 is 0 Å². The molecule has 34 heavy (non-hydrogen) atoms. The van der Waals surface area contributed by atoms with Crippen LogP contribution in [0, 0.1) is 6.92 Å². The maximum atomic E-state index is 12.1. The largest absolute Gasteiger partial charge is 0.490 e. The number of nitrogens with zero attached hydrogens (tertiary/aromatic N) is 1. The average molecular weight is 586 g/mol. The first-order chi connectivity index (χ1) is 16.3. The molecule has 0 saturated heterocycles. The highest BCUT2D eigenvalue weighted by Gasteiger charge is 2.14. The number of anilines is 1. The maximum Gasteiger partial charge on any atom is 0.339 e. The number of rotatable bonds is 8. The van der Waals surface area contributed by atoms with Crippen LogP contribution in [0.1, 0.15) is 23.6 Å². The van der Waals surface area contributed by atoms with E-state index in [9.17, 15) is 4.79 Å². The molecule has 2 amide bonds. The SMILES string of the molecule is CCOc1cc(/C=N/NC(=O)Nc2ccc(Br)c(C)c2)cc(Cl)c1OCc1ccc(Cl)cc1Cl. The van der Waals surface area contributed by atoms with Crippen LogP contribution in [0.3, 0.4) is 0 Å². The lowest BCUT2D eigenvalue weighted by Crippen LogP contribution is -2.24. The molecule has 0 unspecified atom stereocenters. The second-order valence-electron chi connectivity index (χ2n) is 7.08. The number of hydrogen-bond acceptors (Lipinski definition) is 4. The number of halogens is 4. The third-order valence-corrected chi connectivity index (χ3v) is 6.27. The van der Waals surface area contributed by atoms with Gasteiger partial charge >= 0.3 is 6.03 Å². The zero-order valence-electron chi connectivity index (χ0n) is 18.3. The van der Waals surface area contributed by atoms with Crippen molar-refractivity contribution < 1.29 is 14.3 Å². The van der Waals surface area contributed by atoms with Gasteiger partial charge in [0.05, 0.1) is 17.8 Å². The summed E-state index contributed by atoms with van der Waals surface area (Å²) >= 11 is 22.0. The third-order valence-electron chi connectivity index (χ3n) is 4.51. The van der Waals surface area contributed by atoms with Gasteiger partial charge in [0, 0.05) is 25.8 Å². The molecule has 10 heteroatoms. The molecule has 0 aliphatic carbocycles. The third kappa shape index (κ3) is 7.27. The number of ether oxygens (including phenoxy) is 2. The van der Waals surface area contributed by atoms with E-state index in [4.69, 9.17) is 44.3 Å². The summed E-state index contributed by atoms with van der Waals surface area (Å²) in [6, 6.07) is 13.5. The Bertz CT molecular complexity index is 1220. The van der Waals surface area contributed by atoms with Crippen molar-refractivity contribution in [1.82, 2.24) is 5.43 Å². The highest BCUT2D eigenvalue weighted by molar-refractivity contribution is 9.10. The molecular weight excluding hydrogens is 565 g/mol. The van der Waals surface area contributed by atoms with Gasteiger partial charge in [-0.05, 0) is 67.4 Å². The summed E-state index contributed by atoms with van der Waals surface area (Å²) in [6.45, 7) is 4.37. The zero-order chi connectivity index (χ0) is 24.7. The Balaban J connectivity index is 1.68. The molecule has 2 N–H and O–H groups in total. The van der Waals surface area contributed by atoms with Crippen LogP contribution in [0.15, 0.2) is 58.1 Å². The number of carbonyl (C=O) groups excluding carboxylic acids is 1. The van der Waals surface area contributed by atoms with E-state index in [1.807, 2.05) is 26.0 Å². The number of nitrogens with one attached hydrogen (secondary N) is 2. The lowest BCUT2D eigenvalue weighted by atomic mass is 10.2. The predicted molar refractivity (Wildman–Crippen MR) is 142 cm³/mol. The van der Waals surface area contributed by atoms with E-state index in [1.54, 1.807) is 36.4 Å². The van der Waals surface area contributed by atoms with Crippen molar-refractivity contribution in [2.75, 3.05) is 11.9 Å². The molecule has 0 bridgehead atoms. The first-order valence-corrected chi connectivity index (χ1v) is 12.1. The number of urea groups is 1. The zero-order valence-corrected chi connectivity index (χ0v) is 22.1. The molecule has 0 saturated carbocycles. The number of amides is 2. The number of benzene rings is 3. The van der Waals surface area contributed by atoms with Crippen LogP contribution < -0.4 is 20.2 Å². The van der Waals surface area contributed by atoms with Crippen LogP contribution >= 0.6 is 50.7 Å². The van der Waals surface area contributed by atoms with Gasteiger partial charge in [-0.1, -0.05) is 56.8 Å². The Morgan fingerprint density at radius 2 is 1.85 bits per heavy atom. The Kier molecular flexibility index (Phi) is 9.47. The molecule has 178 valence electrons. The summed E-state index contributed by atoms with van der Waals surface area (Å²) in [5.41, 5.74) is 5.45. The van der Waals surface area contributed by atoms with Crippen molar-refractivity contribution in [3.8, 4) is 11.5 Å². The molecule has 3 aromatic rings. The second-order valence-corrected chi connectivity index (χ2v) is 9.18. The lowest BCUT2D eigenvalue weighted by molar-refractivity contribution is 0.252. The molecule has 6 nitrogen and oxygen atoms in total. The van der Waals surface area contributed by atoms with Crippen molar-refractivity contribution in [2.45, 2.75) is 20.5 Å². The minimum absolute atomic E-state index is 0.181. The quantitative estimate of drug-likeness (QED) is 0.209. The Labute approximate surface area is 221 Å². The fourth-order valence-electron chi connectivity index (χ4n) is 2.90. The van der Waals surface area contributed by atoms with Gasteiger partial charge in [0.2, 0.25) is 0 Å². The van der Waals surface area contributed by atoms with E-state index in [2.05, 4.69) is 31.8 Å². The Hall–Kier alpha value is -2.45. The van der Waals surface area contributed by atoms with Gasteiger partial charge in [-0.2, -0.15) is 5.10 Å². The fraction of sp³-hybridized carbons (Fsp3) is 0.167. The number of hydrazone groups is 1. The normalized spacial score (nSPS) is 10.9. The van der Waals surface area contributed by atoms with Crippen LogP contribution in [0.2, 0.25) is 15.1 Å². The van der Waals surface area contributed by atoms with Gasteiger partial charge in [0.25, 0.3) is 0 Å². The number of aryl methyl sites for hydroxylation is 1. The highest BCUT2D eigenvalue weighted by atomic mass is 79.9. The molecule has 0 radical (unpaired) electrons. The molecule has 0 aliphatic heterocycles. The van der Waals surface area contributed by atoms with E-state index in [1.165, 1.54) is 6.21 Å². The summed E-state index contributed by atoms with van der Waals surface area (Å²) < 4.78 is 12.6. The molecule has 0 atom stereocenters. The minimum atomic E-state index is -0.478. The van der Waals surface area contributed by atoms with Crippen LogP contribution in [-0.2, 0) is 6.61 Å². The molecule has 3 rings (SSSR count). The Morgan fingerprint density at radius 3 is 2.56 bits per heavy atom. The molecule has 0 heterocycles. The van der Waals surface area contributed by atoms with Crippen LogP contribution in [0.4, 0.5) is 10.5 Å². The van der Waals surface area contributed by atoms with Crippen molar-refractivity contribution in [3.63, 3.8) is 0 Å². The van der Waals surface area contributed by atoms with Gasteiger partial charge in [0.15, 0.2) is 11.5 Å². The van der Waals surface area contributed by atoms with Crippen molar-refractivity contribution in [3.05, 3.63) is 84.8 Å². The van der Waals surface area contributed by atoms with E-state index in [-0.39, 0.29) is 6.61 Å².